The van der Waals surface area contributed by atoms with Gasteiger partial charge in [0.1, 0.15) is 18.3 Å². The molecule has 1 saturated heterocycles. The number of carbonyl (C=O) groups excluding carboxylic acids is 2. The second-order valence-electron chi connectivity index (χ2n) is 9.09. The van der Waals surface area contributed by atoms with Gasteiger partial charge in [-0.1, -0.05) is 43.2 Å². The molecule has 1 aromatic carbocycles. The molecule has 2 N–H and O–H groups in total. The number of pyridine rings is 1. The number of hydrogen-bond acceptors (Lipinski definition) is 5. The first-order valence-electron chi connectivity index (χ1n) is 11.2. The Morgan fingerprint density at radius 2 is 1.88 bits per heavy atom. The molecule has 2 aromatic rings. The van der Waals surface area contributed by atoms with E-state index in [9.17, 15) is 14.4 Å². The number of nitrogens with two attached hydrogens (primary N) is 1. The van der Waals surface area contributed by atoms with Crippen LogP contribution >= 0.6 is 0 Å². The van der Waals surface area contributed by atoms with Crippen LogP contribution in [0.25, 0.3) is 0 Å². The van der Waals surface area contributed by atoms with Gasteiger partial charge in [-0.05, 0) is 31.4 Å². The van der Waals surface area contributed by atoms with E-state index >= 15 is 0 Å². The minimum absolute atomic E-state index is 0.0887. The van der Waals surface area contributed by atoms with E-state index in [0.29, 0.717) is 12.5 Å². The van der Waals surface area contributed by atoms with E-state index in [0.717, 1.165) is 31.4 Å². The van der Waals surface area contributed by atoms with Crippen molar-refractivity contribution >= 4 is 11.8 Å². The molecule has 32 heavy (non-hydrogen) atoms. The molecule has 2 amide bonds. The lowest BCUT2D eigenvalue weighted by atomic mass is 9.80. The Morgan fingerprint density at radius 3 is 2.62 bits per heavy atom. The van der Waals surface area contributed by atoms with Gasteiger partial charge in [-0.15, -0.1) is 0 Å². The van der Waals surface area contributed by atoms with Crippen molar-refractivity contribution in [3.8, 4) is 5.75 Å². The number of aromatic nitrogens is 1. The average molecular weight is 437 g/mol. The topological polar surface area (TPSA) is 97.9 Å². The normalized spacial score (nSPS) is 25.0. The highest BCUT2D eigenvalue weighted by Gasteiger charge is 2.48. The second kappa shape index (κ2) is 8.09. The van der Waals surface area contributed by atoms with Crippen LogP contribution in [0.5, 0.6) is 5.75 Å². The number of carbonyl (C=O) groups is 2. The number of primary amides is 1. The smallest absolute Gasteiger partial charge is 0.276 e. The summed E-state index contributed by atoms with van der Waals surface area (Å²) in [6.07, 6.45) is 5.67. The summed E-state index contributed by atoms with van der Waals surface area (Å²) in [6.45, 7) is 1.52. The van der Waals surface area contributed by atoms with Crippen LogP contribution in [0.4, 0.5) is 0 Å². The SMILES string of the molecule is CN1CC2CCCCC2N2C(=O)c3c(OCc4ccccc4)c(=O)c(C(N)=O)cn3CC12. The first-order chi connectivity index (χ1) is 15.5. The molecule has 1 aromatic heterocycles. The molecule has 168 valence electrons. The Hall–Kier alpha value is -3.13. The summed E-state index contributed by atoms with van der Waals surface area (Å²) in [5, 5.41) is 0. The Kier molecular flexibility index (Phi) is 5.25. The lowest BCUT2D eigenvalue weighted by molar-refractivity contribution is -0.0629. The molecule has 1 saturated carbocycles. The highest BCUT2D eigenvalue weighted by molar-refractivity contribution is 5.99. The maximum Gasteiger partial charge on any atom is 0.276 e. The zero-order valence-electron chi connectivity index (χ0n) is 18.2. The fourth-order valence-electron chi connectivity index (χ4n) is 5.55. The van der Waals surface area contributed by atoms with Crippen LogP contribution in [0.1, 0.15) is 52.1 Å². The number of fused-ring (bicyclic) bond motifs is 4. The lowest BCUT2D eigenvalue weighted by Crippen LogP contribution is -2.66. The van der Waals surface area contributed by atoms with E-state index in [1.54, 1.807) is 4.57 Å². The van der Waals surface area contributed by atoms with Crippen molar-refractivity contribution in [1.29, 1.82) is 0 Å². The standard InChI is InChI=1S/C24H28N4O4/c1-26-11-16-9-5-6-10-18(16)28-19(26)13-27-12-17(23(25)30)21(29)22(20(27)24(28)31)32-14-15-7-3-2-4-8-15/h2-4,7-8,12,16,18-19H,5-6,9-11,13-14H2,1H3,(H2,25,30). The van der Waals surface area contributed by atoms with E-state index in [2.05, 4.69) is 4.90 Å². The molecule has 0 bridgehead atoms. The molecule has 3 unspecified atom stereocenters. The van der Waals surface area contributed by atoms with E-state index in [-0.39, 0.29) is 41.7 Å². The fraction of sp³-hybridized carbons (Fsp3) is 0.458. The number of likely N-dealkylation sites (N-methyl/N-ethyl adjacent to an activating group) is 1. The third-order valence-corrected chi connectivity index (χ3v) is 7.11. The van der Waals surface area contributed by atoms with Gasteiger partial charge in [0.2, 0.25) is 5.43 Å². The second-order valence-corrected chi connectivity index (χ2v) is 9.09. The predicted molar refractivity (Wildman–Crippen MR) is 118 cm³/mol. The summed E-state index contributed by atoms with van der Waals surface area (Å²) >= 11 is 0. The van der Waals surface area contributed by atoms with Crippen LogP contribution < -0.4 is 15.9 Å². The number of nitrogens with zero attached hydrogens (tertiary/aromatic N) is 3. The molecular weight excluding hydrogens is 408 g/mol. The van der Waals surface area contributed by atoms with Crippen LogP contribution in [0.3, 0.4) is 0 Å². The zero-order valence-corrected chi connectivity index (χ0v) is 18.2. The molecule has 3 aliphatic rings. The van der Waals surface area contributed by atoms with Gasteiger partial charge in [0.05, 0.1) is 6.54 Å². The van der Waals surface area contributed by atoms with Gasteiger partial charge in [-0.3, -0.25) is 19.3 Å². The number of ether oxygens (including phenoxy) is 1. The predicted octanol–water partition coefficient (Wildman–Crippen LogP) is 1.81. The quantitative estimate of drug-likeness (QED) is 0.788. The molecule has 3 heterocycles. The number of benzene rings is 1. The third-order valence-electron chi connectivity index (χ3n) is 7.11. The van der Waals surface area contributed by atoms with Crippen LogP contribution in [0, 0.1) is 5.92 Å². The molecular formula is C24H28N4O4. The van der Waals surface area contributed by atoms with E-state index in [1.165, 1.54) is 12.6 Å². The van der Waals surface area contributed by atoms with Crippen LogP contribution in [-0.4, -0.2) is 52.0 Å². The largest absolute Gasteiger partial charge is 0.483 e. The van der Waals surface area contributed by atoms with Gasteiger partial charge in [0, 0.05) is 18.8 Å². The molecule has 8 heteroatoms. The molecule has 0 spiro atoms. The summed E-state index contributed by atoms with van der Waals surface area (Å²) in [7, 11) is 2.03. The summed E-state index contributed by atoms with van der Waals surface area (Å²) in [5.41, 5.74) is 5.78. The first-order valence-corrected chi connectivity index (χ1v) is 11.2. The number of rotatable bonds is 4. The molecule has 2 fully saturated rings. The maximum absolute atomic E-state index is 13.9. The Bertz CT molecular complexity index is 1110. The van der Waals surface area contributed by atoms with Crippen molar-refractivity contribution in [3.05, 3.63) is 63.6 Å². The van der Waals surface area contributed by atoms with Crippen molar-refractivity contribution in [2.75, 3.05) is 13.6 Å². The van der Waals surface area contributed by atoms with Gasteiger partial charge in [-0.2, -0.15) is 0 Å². The van der Waals surface area contributed by atoms with Crippen molar-refractivity contribution in [2.24, 2.45) is 11.7 Å². The Labute approximate surface area is 186 Å². The lowest BCUT2D eigenvalue weighted by Gasteiger charge is -2.54. The number of hydrogen-bond donors (Lipinski definition) is 1. The van der Waals surface area contributed by atoms with Crippen molar-refractivity contribution in [3.63, 3.8) is 0 Å². The van der Waals surface area contributed by atoms with Gasteiger partial charge in [-0.25, -0.2) is 0 Å². The van der Waals surface area contributed by atoms with Crippen LogP contribution in [-0.2, 0) is 13.2 Å². The Balaban J connectivity index is 1.59. The molecule has 0 radical (unpaired) electrons. The average Bonchev–Trinajstić information content (AvgIpc) is 2.79. The van der Waals surface area contributed by atoms with E-state index in [1.807, 2.05) is 42.3 Å². The molecule has 5 rings (SSSR count). The van der Waals surface area contributed by atoms with Crippen molar-refractivity contribution in [2.45, 2.75) is 51.0 Å². The van der Waals surface area contributed by atoms with Crippen LogP contribution in [0.15, 0.2) is 41.3 Å². The zero-order chi connectivity index (χ0) is 22.4. The fourth-order valence-corrected chi connectivity index (χ4v) is 5.55. The number of amides is 2. The highest BCUT2D eigenvalue weighted by atomic mass is 16.5. The van der Waals surface area contributed by atoms with Crippen molar-refractivity contribution < 1.29 is 14.3 Å². The van der Waals surface area contributed by atoms with Crippen LogP contribution in [0.2, 0.25) is 0 Å². The van der Waals surface area contributed by atoms with Gasteiger partial charge >= 0.3 is 0 Å². The molecule has 8 nitrogen and oxygen atoms in total. The van der Waals surface area contributed by atoms with Gasteiger partial charge in [0.25, 0.3) is 11.8 Å². The summed E-state index contributed by atoms with van der Waals surface area (Å²) in [5.74, 6) is -0.685. The summed E-state index contributed by atoms with van der Waals surface area (Å²) in [6, 6.07) is 9.58. The summed E-state index contributed by atoms with van der Waals surface area (Å²) < 4.78 is 7.61. The highest BCUT2D eigenvalue weighted by Crippen LogP contribution is 2.39. The first kappa shape index (κ1) is 20.8. The minimum atomic E-state index is -0.825. The monoisotopic (exact) mass is 436 g/mol. The molecule has 1 aliphatic carbocycles. The summed E-state index contributed by atoms with van der Waals surface area (Å²) in [4.78, 5) is 43.2. The van der Waals surface area contributed by atoms with Gasteiger partial charge in [0.15, 0.2) is 11.4 Å². The minimum Gasteiger partial charge on any atom is -0.483 e. The van der Waals surface area contributed by atoms with E-state index in [4.69, 9.17) is 10.5 Å². The van der Waals surface area contributed by atoms with Crippen molar-refractivity contribution in [1.82, 2.24) is 14.4 Å². The maximum atomic E-state index is 13.9. The Morgan fingerprint density at radius 1 is 1.12 bits per heavy atom. The van der Waals surface area contributed by atoms with Gasteiger partial charge < -0.3 is 19.9 Å². The molecule has 3 atom stereocenters. The molecule has 2 aliphatic heterocycles. The van der Waals surface area contributed by atoms with E-state index < -0.39 is 11.3 Å². The third kappa shape index (κ3) is 3.39.